The molecule has 5 nitrogen and oxygen atoms in total. The van der Waals surface area contributed by atoms with Gasteiger partial charge in [-0.3, -0.25) is 0 Å². The van der Waals surface area contributed by atoms with Crippen molar-refractivity contribution >= 4 is 0 Å². The molecule has 2 aromatic rings. The van der Waals surface area contributed by atoms with E-state index in [-0.39, 0.29) is 6.61 Å². The average molecular weight is 248 g/mol. The Hall–Kier alpha value is -2.01. The smallest absolute Gasteiger partial charge is 0.161 e. The lowest BCUT2D eigenvalue weighted by atomic mass is 10.2. The van der Waals surface area contributed by atoms with E-state index in [1.165, 1.54) is 0 Å². The number of benzene rings is 1. The number of methoxy groups -OCH3 is 1. The van der Waals surface area contributed by atoms with E-state index in [1.54, 1.807) is 31.8 Å². The highest BCUT2D eigenvalue weighted by Gasteiger charge is 2.05. The molecule has 0 atom stereocenters. The van der Waals surface area contributed by atoms with Gasteiger partial charge in [-0.25, -0.2) is 4.98 Å². The SMILES string of the molecule is COc1ccc(CO)cc1OCCn1ccnc1. The van der Waals surface area contributed by atoms with E-state index in [0.29, 0.717) is 24.7 Å². The Morgan fingerprint density at radius 2 is 2.22 bits per heavy atom. The van der Waals surface area contributed by atoms with E-state index in [4.69, 9.17) is 14.6 Å². The van der Waals surface area contributed by atoms with Crippen molar-refractivity contribution in [1.82, 2.24) is 9.55 Å². The molecule has 1 N–H and O–H groups in total. The Bertz CT molecular complexity index is 483. The summed E-state index contributed by atoms with van der Waals surface area (Å²) in [6.45, 7) is 1.22. The maximum Gasteiger partial charge on any atom is 0.161 e. The van der Waals surface area contributed by atoms with Gasteiger partial charge in [-0.15, -0.1) is 0 Å². The summed E-state index contributed by atoms with van der Waals surface area (Å²) >= 11 is 0. The lowest BCUT2D eigenvalue weighted by Gasteiger charge is -2.12. The van der Waals surface area contributed by atoms with Crippen molar-refractivity contribution in [2.75, 3.05) is 13.7 Å². The molecule has 0 amide bonds. The summed E-state index contributed by atoms with van der Waals surface area (Å²) in [6.07, 6.45) is 5.35. The Morgan fingerprint density at radius 3 is 2.89 bits per heavy atom. The van der Waals surface area contributed by atoms with Crippen LogP contribution in [0.3, 0.4) is 0 Å². The summed E-state index contributed by atoms with van der Waals surface area (Å²) in [5, 5.41) is 9.09. The van der Waals surface area contributed by atoms with E-state index in [9.17, 15) is 0 Å². The molecule has 0 aliphatic rings. The Kier molecular flexibility index (Phi) is 4.20. The Labute approximate surface area is 106 Å². The number of nitrogens with zero attached hydrogens (tertiary/aromatic N) is 2. The molecule has 5 heteroatoms. The zero-order valence-electron chi connectivity index (χ0n) is 10.2. The monoisotopic (exact) mass is 248 g/mol. The van der Waals surface area contributed by atoms with Crippen LogP contribution in [0.4, 0.5) is 0 Å². The molecule has 18 heavy (non-hydrogen) atoms. The molecule has 2 rings (SSSR count). The van der Waals surface area contributed by atoms with Gasteiger partial charge in [0.2, 0.25) is 0 Å². The van der Waals surface area contributed by atoms with E-state index < -0.39 is 0 Å². The molecule has 0 fully saturated rings. The van der Waals surface area contributed by atoms with Crippen molar-refractivity contribution in [3.63, 3.8) is 0 Å². The van der Waals surface area contributed by atoms with Crippen LogP contribution in [0.15, 0.2) is 36.9 Å². The van der Waals surface area contributed by atoms with Gasteiger partial charge in [-0.1, -0.05) is 6.07 Å². The Morgan fingerprint density at radius 1 is 1.33 bits per heavy atom. The number of aromatic nitrogens is 2. The van der Waals surface area contributed by atoms with Crippen molar-refractivity contribution in [3.05, 3.63) is 42.5 Å². The van der Waals surface area contributed by atoms with E-state index in [2.05, 4.69) is 4.98 Å². The second kappa shape index (κ2) is 6.07. The molecule has 0 aliphatic carbocycles. The lowest BCUT2D eigenvalue weighted by Crippen LogP contribution is -2.07. The standard InChI is InChI=1S/C13H16N2O3/c1-17-12-3-2-11(9-16)8-13(12)18-7-6-15-5-4-14-10-15/h2-5,8,10,16H,6-7,9H2,1H3. The Balaban J connectivity index is 1.98. The first-order valence-electron chi connectivity index (χ1n) is 5.70. The zero-order valence-corrected chi connectivity index (χ0v) is 10.2. The number of imidazole rings is 1. The predicted octanol–water partition coefficient (Wildman–Crippen LogP) is 1.46. The van der Waals surface area contributed by atoms with Crippen LogP contribution in [0.1, 0.15) is 5.56 Å². The molecule has 1 aromatic heterocycles. The van der Waals surface area contributed by atoms with Gasteiger partial charge >= 0.3 is 0 Å². The minimum Gasteiger partial charge on any atom is -0.493 e. The molecule has 0 unspecified atom stereocenters. The number of aliphatic hydroxyl groups excluding tert-OH is 1. The number of aliphatic hydroxyl groups is 1. The van der Waals surface area contributed by atoms with Crippen molar-refractivity contribution in [2.24, 2.45) is 0 Å². The van der Waals surface area contributed by atoms with E-state index >= 15 is 0 Å². The van der Waals surface area contributed by atoms with Gasteiger partial charge in [0.25, 0.3) is 0 Å². The summed E-state index contributed by atoms with van der Waals surface area (Å²) in [4.78, 5) is 3.96. The van der Waals surface area contributed by atoms with Crippen LogP contribution in [0, 0.1) is 0 Å². The largest absolute Gasteiger partial charge is 0.493 e. The molecule has 0 bridgehead atoms. The van der Waals surface area contributed by atoms with Crippen molar-refractivity contribution in [1.29, 1.82) is 0 Å². The predicted molar refractivity (Wildman–Crippen MR) is 66.6 cm³/mol. The maximum atomic E-state index is 9.09. The molecule has 1 heterocycles. The zero-order chi connectivity index (χ0) is 12.8. The second-order valence-electron chi connectivity index (χ2n) is 3.79. The van der Waals surface area contributed by atoms with E-state index in [0.717, 1.165) is 5.56 Å². The van der Waals surface area contributed by atoms with Crippen LogP contribution in [0.5, 0.6) is 11.5 Å². The fourth-order valence-corrected chi connectivity index (χ4v) is 1.61. The third-order valence-corrected chi connectivity index (χ3v) is 2.58. The third-order valence-electron chi connectivity index (χ3n) is 2.58. The normalized spacial score (nSPS) is 10.3. The molecule has 1 aromatic carbocycles. The fourth-order valence-electron chi connectivity index (χ4n) is 1.61. The van der Waals surface area contributed by atoms with Crippen LogP contribution in [-0.2, 0) is 13.2 Å². The minimum absolute atomic E-state index is 0.0120. The van der Waals surface area contributed by atoms with Gasteiger partial charge < -0.3 is 19.1 Å². The quantitative estimate of drug-likeness (QED) is 0.841. The first-order valence-corrected chi connectivity index (χ1v) is 5.70. The topological polar surface area (TPSA) is 56.5 Å². The summed E-state index contributed by atoms with van der Waals surface area (Å²) < 4.78 is 12.8. The fraction of sp³-hybridized carbons (Fsp3) is 0.308. The number of hydrogen-bond acceptors (Lipinski definition) is 4. The van der Waals surface area contributed by atoms with Gasteiger partial charge in [-0.2, -0.15) is 0 Å². The van der Waals surface area contributed by atoms with Gasteiger partial charge in [0.05, 0.1) is 26.6 Å². The van der Waals surface area contributed by atoms with Crippen LogP contribution < -0.4 is 9.47 Å². The minimum atomic E-state index is -0.0120. The summed E-state index contributed by atoms with van der Waals surface area (Å²) in [5.41, 5.74) is 0.799. The summed E-state index contributed by atoms with van der Waals surface area (Å²) in [7, 11) is 1.59. The number of hydrogen-bond donors (Lipinski definition) is 1. The van der Waals surface area contributed by atoms with Gasteiger partial charge in [-0.05, 0) is 17.7 Å². The van der Waals surface area contributed by atoms with Crippen LogP contribution in [0.25, 0.3) is 0 Å². The number of ether oxygens (including phenoxy) is 2. The second-order valence-corrected chi connectivity index (χ2v) is 3.79. The van der Waals surface area contributed by atoms with Gasteiger partial charge in [0.1, 0.15) is 6.61 Å². The van der Waals surface area contributed by atoms with Crippen molar-refractivity contribution in [2.45, 2.75) is 13.2 Å². The molecular weight excluding hydrogens is 232 g/mol. The van der Waals surface area contributed by atoms with Crippen molar-refractivity contribution in [3.8, 4) is 11.5 Å². The highest BCUT2D eigenvalue weighted by atomic mass is 16.5. The summed E-state index contributed by atoms with van der Waals surface area (Å²) in [5.74, 6) is 1.31. The molecule has 0 aliphatic heterocycles. The number of rotatable bonds is 6. The molecule has 96 valence electrons. The van der Waals surface area contributed by atoms with Crippen LogP contribution in [0.2, 0.25) is 0 Å². The highest BCUT2D eigenvalue weighted by Crippen LogP contribution is 2.28. The van der Waals surface area contributed by atoms with E-state index in [1.807, 2.05) is 16.8 Å². The first kappa shape index (κ1) is 12.4. The molecule has 0 spiro atoms. The third kappa shape index (κ3) is 3.01. The average Bonchev–Trinajstić information content (AvgIpc) is 2.92. The first-order chi connectivity index (χ1) is 8.83. The summed E-state index contributed by atoms with van der Waals surface area (Å²) in [6, 6.07) is 5.38. The highest BCUT2D eigenvalue weighted by molar-refractivity contribution is 5.42. The molecule has 0 radical (unpaired) electrons. The molecule has 0 saturated carbocycles. The molecular formula is C13H16N2O3. The maximum absolute atomic E-state index is 9.09. The van der Waals surface area contributed by atoms with Gasteiger partial charge in [0, 0.05) is 12.4 Å². The van der Waals surface area contributed by atoms with Crippen LogP contribution in [-0.4, -0.2) is 28.4 Å². The van der Waals surface area contributed by atoms with Crippen molar-refractivity contribution < 1.29 is 14.6 Å². The lowest BCUT2D eigenvalue weighted by molar-refractivity contribution is 0.270. The van der Waals surface area contributed by atoms with Crippen LogP contribution >= 0.6 is 0 Å². The molecule has 0 saturated heterocycles. The van der Waals surface area contributed by atoms with Gasteiger partial charge in [0.15, 0.2) is 11.5 Å².